The van der Waals surface area contributed by atoms with Crippen LogP contribution >= 0.6 is 0 Å². The summed E-state index contributed by atoms with van der Waals surface area (Å²) in [6, 6.07) is 12.5. The monoisotopic (exact) mass is 287 g/mol. The largest absolute Gasteiger partial charge is 0.494 e. The van der Waals surface area contributed by atoms with Crippen molar-refractivity contribution in [3.8, 4) is 5.75 Å². The lowest BCUT2D eigenvalue weighted by molar-refractivity contribution is 0.0233. The second kappa shape index (κ2) is 5.84. The number of methoxy groups -OCH3 is 1. The van der Waals surface area contributed by atoms with E-state index in [1.165, 1.54) is 12.7 Å². The minimum atomic E-state index is -0.568. The van der Waals surface area contributed by atoms with Crippen LogP contribution in [0.1, 0.15) is 28.8 Å². The number of hydrogen-bond acceptors (Lipinski definition) is 3. The van der Waals surface area contributed by atoms with Crippen LogP contribution in [0.3, 0.4) is 0 Å². The molecule has 2 aromatic rings. The summed E-state index contributed by atoms with van der Waals surface area (Å²) in [5.41, 5.74) is 8.96. The van der Waals surface area contributed by atoms with Gasteiger partial charge in [-0.3, -0.25) is 0 Å². The quantitative estimate of drug-likeness (QED) is 0.943. The fraction of sp³-hybridized carbons (Fsp3) is 0.294. The Bertz CT molecular complexity index is 644. The number of rotatable bonds is 3. The van der Waals surface area contributed by atoms with E-state index in [2.05, 4.69) is 6.07 Å². The molecular formula is C17H18FNO2. The summed E-state index contributed by atoms with van der Waals surface area (Å²) in [5, 5.41) is 0. The number of hydrogen-bond donors (Lipinski definition) is 1. The predicted octanol–water partition coefficient (Wildman–Crippen LogP) is 3.15. The third-order valence-electron chi connectivity index (χ3n) is 3.93. The van der Waals surface area contributed by atoms with Gasteiger partial charge < -0.3 is 15.2 Å². The van der Waals surface area contributed by atoms with Crippen molar-refractivity contribution in [3.05, 3.63) is 65.0 Å². The standard InChI is InChI=1S/C17H18FNO2/c1-20-14-8-4-7-13(15(14)18)16(19)17-12-6-3-2-5-11(12)9-10-21-17/h2-8,16-17H,9-10,19H2,1H3. The van der Waals surface area contributed by atoms with E-state index >= 15 is 0 Å². The number of ether oxygens (including phenoxy) is 2. The van der Waals surface area contributed by atoms with Crippen LogP contribution in [-0.4, -0.2) is 13.7 Å². The van der Waals surface area contributed by atoms with E-state index in [0.717, 1.165) is 12.0 Å². The molecule has 0 amide bonds. The molecule has 2 N–H and O–H groups in total. The lowest BCUT2D eigenvalue weighted by Gasteiger charge is -2.31. The van der Waals surface area contributed by atoms with Crippen molar-refractivity contribution in [1.29, 1.82) is 0 Å². The van der Waals surface area contributed by atoms with Crippen LogP contribution in [0.2, 0.25) is 0 Å². The molecule has 0 saturated heterocycles. The molecule has 2 aromatic carbocycles. The van der Waals surface area contributed by atoms with Crippen molar-refractivity contribution in [2.45, 2.75) is 18.6 Å². The van der Waals surface area contributed by atoms with Gasteiger partial charge in [-0.15, -0.1) is 0 Å². The number of nitrogens with two attached hydrogens (primary N) is 1. The van der Waals surface area contributed by atoms with E-state index in [0.29, 0.717) is 12.2 Å². The summed E-state index contributed by atoms with van der Waals surface area (Å²) in [6.07, 6.45) is 0.525. The lowest BCUT2D eigenvalue weighted by atomic mass is 9.90. The van der Waals surface area contributed by atoms with Crippen LogP contribution in [0.4, 0.5) is 4.39 Å². The first kappa shape index (κ1) is 14.0. The van der Waals surface area contributed by atoms with Crippen LogP contribution < -0.4 is 10.5 Å². The lowest BCUT2D eigenvalue weighted by Crippen LogP contribution is -2.28. The third-order valence-corrected chi connectivity index (χ3v) is 3.93. The molecule has 2 unspecified atom stereocenters. The van der Waals surface area contributed by atoms with Gasteiger partial charge in [-0.25, -0.2) is 4.39 Å². The highest BCUT2D eigenvalue weighted by molar-refractivity contribution is 5.37. The van der Waals surface area contributed by atoms with E-state index < -0.39 is 11.9 Å². The number of benzene rings is 2. The Labute approximate surface area is 123 Å². The van der Waals surface area contributed by atoms with Gasteiger partial charge in [0.15, 0.2) is 11.6 Å². The van der Waals surface area contributed by atoms with Gasteiger partial charge in [0.2, 0.25) is 0 Å². The highest BCUT2D eigenvalue weighted by Gasteiger charge is 2.29. The minimum absolute atomic E-state index is 0.201. The van der Waals surface area contributed by atoms with E-state index in [9.17, 15) is 4.39 Å². The fourth-order valence-corrected chi connectivity index (χ4v) is 2.83. The minimum Gasteiger partial charge on any atom is -0.494 e. The molecule has 4 heteroatoms. The van der Waals surface area contributed by atoms with Gasteiger partial charge in [0.25, 0.3) is 0 Å². The summed E-state index contributed by atoms with van der Waals surface area (Å²) in [5.74, 6) is -0.216. The highest BCUT2D eigenvalue weighted by atomic mass is 19.1. The van der Waals surface area contributed by atoms with Gasteiger partial charge >= 0.3 is 0 Å². The Morgan fingerprint density at radius 3 is 2.86 bits per heavy atom. The molecule has 1 heterocycles. The zero-order valence-electron chi connectivity index (χ0n) is 11.9. The van der Waals surface area contributed by atoms with Crippen LogP contribution in [0.5, 0.6) is 5.75 Å². The molecule has 0 spiro atoms. The van der Waals surface area contributed by atoms with Crippen LogP contribution in [0.25, 0.3) is 0 Å². The Morgan fingerprint density at radius 2 is 2.05 bits per heavy atom. The second-order valence-electron chi connectivity index (χ2n) is 5.13. The summed E-state index contributed by atoms with van der Waals surface area (Å²) in [7, 11) is 1.44. The molecule has 1 aliphatic rings. The van der Waals surface area contributed by atoms with Gasteiger partial charge in [-0.05, 0) is 23.6 Å². The molecule has 0 aromatic heterocycles. The first-order valence-electron chi connectivity index (χ1n) is 6.99. The highest BCUT2D eigenvalue weighted by Crippen LogP contribution is 2.37. The molecular weight excluding hydrogens is 269 g/mol. The molecule has 0 aliphatic carbocycles. The van der Waals surface area contributed by atoms with Crippen LogP contribution in [-0.2, 0) is 11.2 Å². The van der Waals surface area contributed by atoms with Crippen molar-refractivity contribution in [1.82, 2.24) is 0 Å². The number of halogens is 1. The van der Waals surface area contributed by atoms with E-state index in [1.54, 1.807) is 18.2 Å². The first-order chi connectivity index (χ1) is 10.2. The molecule has 110 valence electrons. The normalized spacial score (nSPS) is 18.9. The average molecular weight is 287 g/mol. The molecule has 0 bridgehead atoms. The van der Waals surface area contributed by atoms with Crippen molar-refractivity contribution in [3.63, 3.8) is 0 Å². The molecule has 2 atom stereocenters. The smallest absolute Gasteiger partial charge is 0.169 e. The summed E-state index contributed by atoms with van der Waals surface area (Å²) >= 11 is 0. The topological polar surface area (TPSA) is 44.5 Å². The van der Waals surface area contributed by atoms with E-state index in [-0.39, 0.29) is 11.9 Å². The van der Waals surface area contributed by atoms with Gasteiger partial charge in [-0.1, -0.05) is 36.4 Å². The SMILES string of the molecule is COc1cccc(C(N)C2OCCc3ccccc32)c1F. The van der Waals surface area contributed by atoms with Gasteiger partial charge in [-0.2, -0.15) is 0 Å². The van der Waals surface area contributed by atoms with Crippen molar-refractivity contribution < 1.29 is 13.9 Å². The first-order valence-corrected chi connectivity index (χ1v) is 6.99. The van der Waals surface area contributed by atoms with Crippen molar-refractivity contribution in [2.75, 3.05) is 13.7 Å². The number of fused-ring (bicyclic) bond motifs is 1. The molecule has 21 heavy (non-hydrogen) atoms. The van der Waals surface area contributed by atoms with E-state index in [1.807, 2.05) is 18.2 Å². The Kier molecular flexibility index (Phi) is 3.90. The molecule has 3 nitrogen and oxygen atoms in total. The zero-order chi connectivity index (χ0) is 14.8. The maximum absolute atomic E-state index is 14.4. The molecule has 1 aliphatic heterocycles. The fourth-order valence-electron chi connectivity index (χ4n) is 2.83. The Hall–Kier alpha value is -1.91. The third kappa shape index (κ3) is 2.52. The maximum atomic E-state index is 14.4. The summed E-state index contributed by atoms with van der Waals surface area (Å²) in [4.78, 5) is 0. The second-order valence-corrected chi connectivity index (χ2v) is 5.13. The molecule has 0 saturated carbocycles. The van der Waals surface area contributed by atoms with Crippen molar-refractivity contribution in [2.24, 2.45) is 5.73 Å². The maximum Gasteiger partial charge on any atom is 0.169 e. The summed E-state index contributed by atoms with van der Waals surface area (Å²) in [6.45, 7) is 0.598. The van der Waals surface area contributed by atoms with Gasteiger partial charge in [0.1, 0.15) is 6.10 Å². The van der Waals surface area contributed by atoms with Gasteiger partial charge in [0, 0.05) is 5.56 Å². The van der Waals surface area contributed by atoms with E-state index in [4.69, 9.17) is 15.2 Å². The van der Waals surface area contributed by atoms with Crippen LogP contribution in [0.15, 0.2) is 42.5 Å². The Balaban J connectivity index is 1.98. The molecule has 0 radical (unpaired) electrons. The Morgan fingerprint density at radius 1 is 1.24 bits per heavy atom. The van der Waals surface area contributed by atoms with Crippen molar-refractivity contribution >= 4 is 0 Å². The van der Waals surface area contributed by atoms with Gasteiger partial charge in [0.05, 0.1) is 19.8 Å². The summed E-state index contributed by atoms with van der Waals surface area (Å²) < 4.78 is 25.2. The zero-order valence-corrected chi connectivity index (χ0v) is 11.9. The van der Waals surface area contributed by atoms with Crippen LogP contribution in [0, 0.1) is 5.82 Å². The average Bonchev–Trinajstić information content (AvgIpc) is 2.54. The molecule has 3 rings (SSSR count). The predicted molar refractivity (Wildman–Crippen MR) is 78.7 cm³/mol. The molecule has 0 fully saturated rings.